The average Bonchev–Trinajstić information content (AvgIpc) is 3.21. The lowest BCUT2D eigenvalue weighted by Crippen LogP contribution is -2.47. The van der Waals surface area contributed by atoms with E-state index in [4.69, 9.17) is 23.7 Å². The van der Waals surface area contributed by atoms with Crippen molar-refractivity contribution in [3.63, 3.8) is 0 Å². The van der Waals surface area contributed by atoms with Crippen LogP contribution in [0.1, 0.15) is 79.6 Å². The number of hydrogen-bond donors (Lipinski definition) is 0. The Kier molecular flexibility index (Phi) is 6.14. The molecule has 6 nitrogen and oxygen atoms in total. The maximum absolute atomic E-state index is 12.7. The maximum atomic E-state index is 12.7. The van der Waals surface area contributed by atoms with E-state index in [-0.39, 0.29) is 5.97 Å². The lowest BCUT2D eigenvalue weighted by molar-refractivity contribution is -0.220. The van der Waals surface area contributed by atoms with Crippen LogP contribution in [0.2, 0.25) is 0 Å². The molecular formula is C22H36O6. The van der Waals surface area contributed by atoms with Crippen LogP contribution in [0.15, 0.2) is 12.3 Å². The summed E-state index contributed by atoms with van der Waals surface area (Å²) in [6, 6.07) is 0. The van der Waals surface area contributed by atoms with Crippen molar-refractivity contribution in [3.05, 3.63) is 12.3 Å². The van der Waals surface area contributed by atoms with Crippen LogP contribution in [0.3, 0.4) is 0 Å². The summed E-state index contributed by atoms with van der Waals surface area (Å²) in [4.78, 5) is 12.7. The smallest absolute Gasteiger partial charge is 0.311 e. The number of esters is 1. The Labute approximate surface area is 168 Å². The zero-order chi connectivity index (χ0) is 20.6. The number of carbonyl (C=O) groups excluding carboxylic acids is 1. The maximum Gasteiger partial charge on any atom is 0.311 e. The first-order valence-corrected chi connectivity index (χ1v) is 10.7. The highest BCUT2D eigenvalue weighted by atomic mass is 16.8. The van der Waals surface area contributed by atoms with Gasteiger partial charge in [0.05, 0.1) is 12.0 Å². The summed E-state index contributed by atoms with van der Waals surface area (Å²) in [6.07, 6.45) is 4.87. The first kappa shape index (κ1) is 21.6. The lowest BCUT2D eigenvalue weighted by atomic mass is 9.94. The van der Waals surface area contributed by atoms with Crippen LogP contribution in [0.4, 0.5) is 0 Å². The Morgan fingerprint density at radius 2 is 1.82 bits per heavy atom. The predicted octanol–water partition coefficient (Wildman–Crippen LogP) is 4.47. The second-order valence-electron chi connectivity index (χ2n) is 9.28. The predicted molar refractivity (Wildman–Crippen MR) is 104 cm³/mol. The highest BCUT2D eigenvalue weighted by molar-refractivity contribution is 5.75. The van der Waals surface area contributed by atoms with Gasteiger partial charge in [0.25, 0.3) is 0 Å². The summed E-state index contributed by atoms with van der Waals surface area (Å²) in [5, 5.41) is 0. The summed E-state index contributed by atoms with van der Waals surface area (Å²) in [5.74, 6) is -1.09. The van der Waals surface area contributed by atoms with E-state index < -0.39 is 35.3 Å². The number of ether oxygens (including phenoxy) is 5. The van der Waals surface area contributed by atoms with E-state index in [2.05, 4.69) is 6.58 Å². The fourth-order valence-corrected chi connectivity index (χ4v) is 4.15. The Balaban J connectivity index is 1.82. The molecule has 0 bridgehead atoms. The molecule has 28 heavy (non-hydrogen) atoms. The van der Waals surface area contributed by atoms with Gasteiger partial charge in [-0.3, -0.25) is 4.79 Å². The highest BCUT2D eigenvalue weighted by Crippen LogP contribution is 2.43. The molecule has 3 rings (SSSR count). The van der Waals surface area contributed by atoms with Crippen molar-refractivity contribution in [2.24, 2.45) is 5.41 Å². The summed E-state index contributed by atoms with van der Waals surface area (Å²) in [7, 11) is 0. The molecule has 3 aliphatic rings. The lowest BCUT2D eigenvalue weighted by Gasteiger charge is -2.34. The zero-order valence-corrected chi connectivity index (χ0v) is 18.0. The van der Waals surface area contributed by atoms with Gasteiger partial charge >= 0.3 is 5.97 Å². The molecule has 0 N–H and O–H groups in total. The van der Waals surface area contributed by atoms with Crippen molar-refractivity contribution in [2.45, 2.75) is 109 Å². The topological polar surface area (TPSA) is 63.2 Å². The molecule has 2 heterocycles. The molecule has 2 saturated heterocycles. The van der Waals surface area contributed by atoms with Crippen LogP contribution in [-0.2, 0) is 28.5 Å². The molecule has 0 aromatic heterocycles. The second-order valence-corrected chi connectivity index (χ2v) is 9.28. The van der Waals surface area contributed by atoms with Crippen LogP contribution >= 0.6 is 0 Å². The summed E-state index contributed by atoms with van der Waals surface area (Å²) in [5.41, 5.74) is -0.631. The molecule has 0 radical (unpaired) electrons. The first-order valence-electron chi connectivity index (χ1n) is 10.7. The molecule has 0 aromatic rings. The van der Waals surface area contributed by atoms with Crippen LogP contribution in [0, 0.1) is 5.41 Å². The van der Waals surface area contributed by atoms with Gasteiger partial charge in [-0.15, -0.1) is 0 Å². The molecule has 1 aliphatic carbocycles. The third kappa shape index (κ3) is 4.24. The number of hydrogen-bond acceptors (Lipinski definition) is 6. The normalized spacial score (nSPS) is 30.2. The summed E-state index contributed by atoms with van der Waals surface area (Å²) < 4.78 is 30.7. The van der Waals surface area contributed by atoms with E-state index >= 15 is 0 Å². The summed E-state index contributed by atoms with van der Waals surface area (Å²) >= 11 is 0. The van der Waals surface area contributed by atoms with Gasteiger partial charge in [-0.25, -0.2) is 0 Å². The molecule has 2 aliphatic heterocycles. The van der Waals surface area contributed by atoms with Crippen LogP contribution in [0.25, 0.3) is 0 Å². The molecular weight excluding hydrogens is 360 g/mol. The molecule has 3 fully saturated rings. The second kappa shape index (κ2) is 7.96. The Hall–Kier alpha value is -1.11. The van der Waals surface area contributed by atoms with Gasteiger partial charge in [0, 0.05) is 25.7 Å². The molecule has 0 aromatic carbocycles. The standard InChI is InChI=1S/C22H36O6/c1-7-21(8-2)26-15(3)17(28-21)18(25-19(23)20(4,5)6)16-14-24-22(27-16)12-10-9-11-13-22/h16-18H,3,7-14H2,1-2,4-6H3/t16-,17+,18-/m1/s1. The quantitative estimate of drug-likeness (QED) is 0.639. The summed E-state index contributed by atoms with van der Waals surface area (Å²) in [6.45, 7) is 14.0. The van der Waals surface area contributed by atoms with Crippen molar-refractivity contribution in [3.8, 4) is 0 Å². The van der Waals surface area contributed by atoms with Crippen molar-refractivity contribution < 1.29 is 28.5 Å². The minimum absolute atomic E-state index is 0.299. The van der Waals surface area contributed by atoms with E-state index in [0.717, 1.165) is 25.7 Å². The molecule has 1 saturated carbocycles. The molecule has 6 heteroatoms. The Morgan fingerprint density at radius 1 is 1.18 bits per heavy atom. The number of rotatable bonds is 5. The third-order valence-electron chi connectivity index (χ3n) is 6.07. The van der Waals surface area contributed by atoms with Gasteiger partial charge in [-0.1, -0.05) is 26.8 Å². The van der Waals surface area contributed by atoms with Gasteiger partial charge < -0.3 is 23.7 Å². The first-order chi connectivity index (χ1) is 13.1. The van der Waals surface area contributed by atoms with Gasteiger partial charge in [0.15, 0.2) is 18.0 Å². The van der Waals surface area contributed by atoms with Crippen LogP contribution in [-0.4, -0.2) is 42.5 Å². The van der Waals surface area contributed by atoms with E-state index in [1.165, 1.54) is 6.42 Å². The SMILES string of the molecule is C=C1OC(CC)(CC)O[C@@H]1[C@H](OC(=O)C(C)(C)C)[C@H]1COC2(CCCCC2)O1. The van der Waals surface area contributed by atoms with Crippen LogP contribution in [0.5, 0.6) is 0 Å². The van der Waals surface area contributed by atoms with Gasteiger partial charge in [-0.2, -0.15) is 0 Å². The van der Waals surface area contributed by atoms with Crippen molar-refractivity contribution >= 4 is 5.97 Å². The highest BCUT2D eigenvalue weighted by Gasteiger charge is 2.54. The average molecular weight is 397 g/mol. The largest absolute Gasteiger partial charge is 0.464 e. The monoisotopic (exact) mass is 396 g/mol. The molecule has 3 atom stereocenters. The Morgan fingerprint density at radius 3 is 2.36 bits per heavy atom. The molecule has 0 unspecified atom stereocenters. The Bertz CT molecular complexity index is 582. The number of carbonyl (C=O) groups is 1. The molecule has 0 amide bonds. The van der Waals surface area contributed by atoms with Crippen molar-refractivity contribution in [2.75, 3.05) is 6.61 Å². The molecule has 1 spiro atoms. The third-order valence-corrected chi connectivity index (χ3v) is 6.07. The minimum Gasteiger partial charge on any atom is -0.464 e. The van der Waals surface area contributed by atoms with Crippen LogP contribution < -0.4 is 0 Å². The van der Waals surface area contributed by atoms with E-state index in [1.807, 2.05) is 34.6 Å². The molecule has 160 valence electrons. The fourth-order valence-electron chi connectivity index (χ4n) is 4.15. The van der Waals surface area contributed by atoms with Crippen molar-refractivity contribution in [1.29, 1.82) is 0 Å². The van der Waals surface area contributed by atoms with Gasteiger partial charge in [0.1, 0.15) is 11.9 Å². The minimum atomic E-state index is -0.726. The van der Waals surface area contributed by atoms with E-state index in [0.29, 0.717) is 25.2 Å². The van der Waals surface area contributed by atoms with Crippen molar-refractivity contribution in [1.82, 2.24) is 0 Å². The fraction of sp³-hybridized carbons (Fsp3) is 0.864. The van der Waals surface area contributed by atoms with Gasteiger partial charge in [-0.05, 0) is 33.6 Å². The zero-order valence-electron chi connectivity index (χ0n) is 18.0. The van der Waals surface area contributed by atoms with E-state index in [1.54, 1.807) is 0 Å². The van der Waals surface area contributed by atoms with Gasteiger partial charge in [0.2, 0.25) is 5.79 Å². The van der Waals surface area contributed by atoms with E-state index in [9.17, 15) is 4.79 Å².